The van der Waals surface area contributed by atoms with Crippen LogP contribution in [0.25, 0.3) is 11.2 Å². The van der Waals surface area contributed by atoms with Gasteiger partial charge in [0.05, 0.1) is 11.9 Å². The molecule has 5 heteroatoms. The lowest BCUT2D eigenvalue weighted by Gasteiger charge is -2.11. The molecule has 0 aliphatic rings. The van der Waals surface area contributed by atoms with E-state index in [1.165, 1.54) is 5.56 Å². The molecule has 0 N–H and O–H groups in total. The van der Waals surface area contributed by atoms with Crippen LogP contribution in [0, 0.1) is 13.8 Å². The molecule has 1 atom stereocenters. The predicted octanol–water partition coefficient (Wildman–Crippen LogP) is 3.79. The summed E-state index contributed by atoms with van der Waals surface area (Å²) in [6.45, 7) is 6.71. The normalized spacial score (nSPS) is 12.8. The maximum absolute atomic E-state index is 6.30. The van der Waals surface area contributed by atoms with Gasteiger partial charge in [0, 0.05) is 18.6 Å². The molecule has 3 aromatic heterocycles. The molecule has 0 aliphatic heterocycles. The monoisotopic (exact) mass is 300 g/mol. The van der Waals surface area contributed by atoms with Crippen LogP contribution < -0.4 is 0 Å². The van der Waals surface area contributed by atoms with E-state index in [0.29, 0.717) is 6.54 Å². The number of hydrogen-bond acceptors (Lipinski definition) is 3. The van der Waals surface area contributed by atoms with E-state index in [0.717, 1.165) is 28.1 Å². The van der Waals surface area contributed by atoms with Gasteiger partial charge in [0.1, 0.15) is 11.3 Å². The Morgan fingerprint density at radius 3 is 2.81 bits per heavy atom. The summed E-state index contributed by atoms with van der Waals surface area (Å²) >= 11 is 6.30. The number of rotatable bonds is 3. The van der Waals surface area contributed by atoms with E-state index < -0.39 is 0 Å². The number of imidazole rings is 1. The van der Waals surface area contributed by atoms with E-state index in [1.807, 2.05) is 44.6 Å². The van der Waals surface area contributed by atoms with Crippen molar-refractivity contribution in [2.45, 2.75) is 32.7 Å². The molecule has 3 rings (SSSR count). The minimum absolute atomic E-state index is 0.165. The van der Waals surface area contributed by atoms with E-state index in [1.54, 1.807) is 0 Å². The smallest absolute Gasteiger partial charge is 0.160 e. The zero-order valence-electron chi connectivity index (χ0n) is 12.3. The fourth-order valence-corrected chi connectivity index (χ4v) is 2.61. The van der Waals surface area contributed by atoms with Crippen molar-refractivity contribution in [3.63, 3.8) is 0 Å². The molecule has 0 aromatic carbocycles. The van der Waals surface area contributed by atoms with Gasteiger partial charge < -0.3 is 4.57 Å². The Morgan fingerprint density at radius 2 is 2.10 bits per heavy atom. The van der Waals surface area contributed by atoms with Gasteiger partial charge in [-0.25, -0.2) is 9.97 Å². The number of fused-ring (bicyclic) bond motifs is 1. The first-order valence-corrected chi connectivity index (χ1v) is 7.36. The third-order valence-electron chi connectivity index (χ3n) is 3.57. The molecule has 0 radical (unpaired) electrons. The van der Waals surface area contributed by atoms with Crippen molar-refractivity contribution in [2.24, 2.45) is 0 Å². The molecule has 0 amide bonds. The van der Waals surface area contributed by atoms with Crippen LogP contribution in [0.3, 0.4) is 0 Å². The van der Waals surface area contributed by atoms with Crippen molar-refractivity contribution >= 4 is 22.8 Å². The third kappa shape index (κ3) is 2.63. The van der Waals surface area contributed by atoms with Gasteiger partial charge in [0.15, 0.2) is 5.65 Å². The summed E-state index contributed by atoms with van der Waals surface area (Å²) in [7, 11) is 0. The molecule has 0 bridgehead atoms. The molecule has 0 saturated heterocycles. The van der Waals surface area contributed by atoms with E-state index in [2.05, 4.69) is 26.4 Å². The average molecular weight is 301 g/mol. The van der Waals surface area contributed by atoms with Gasteiger partial charge in [-0.1, -0.05) is 0 Å². The summed E-state index contributed by atoms with van der Waals surface area (Å²) in [5.74, 6) is 0.848. The van der Waals surface area contributed by atoms with Gasteiger partial charge in [-0.05, 0) is 49.6 Å². The predicted molar refractivity (Wildman–Crippen MR) is 84.6 cm³/mol. The van der Waals surface area contributed by atoms with E-state index in [9.17, 15) is 0 Å². The van der Waals surface area contributed by atoms with Gasteiger partial charge in [0.2, 0.25) is 0 Å². The van der Waals surface area contributed by atoms with Crippen molar-refractivity contribution in [3.05, 3.63) is 53.2 Å². The average Bonchev–Trinajstić information content (AvgIpc) is 2.79. The quantitative estimate of drug-likeness (QED) is 0.691. The Balaban J connectivity index is 2.16. The van der Waals surface area contributed by atoms with Crippen LogP contribution in [-0.2, 0) is 6.54 Å². The van der Waals surface area contributed by atoms with Crippen LogP contribution in [0.5, 0.6) is 0 Å². The molecule has 0 fully saturated rings. The number of aryl methyl sites for hydroxylation is 2. The Hall–Kier alpha value is -1.94. The van der Waals surface area contributed by atoms with E-state index >= 15 is 0 Å². The number of pyridine rings is 2. The fraction of sp³-hybridized carbons (Fsp3) is 0.312. The second kappa shape index (κ2) is 5.45. The summed E-state index contributed by atoms with van der Waals surface area (Å²) in [4.78, 5) is 13.3. The van der Waals surface area contributed by atoms with Crippen molar-refractivity contribution in [3.8, 4) is 0 Å². The number of halogens is 1. The molecule has 3 aromatic rings. The van der Waals surface area contributed by atoms with Crippen LogP contribution in [0.2, 0.25) is 0 Å². The molecule has 0 saturated carbocycles. The molecule has 21 heavy (non-hydrogen) atoms. The fourth-order valence-electron chi connectivity index (χ4n) is 2.44. The lowest BCUT2D eigenvalue weighted by molar-refractivity contribution is 0.732. The molecule has 0 spiro atoms. The van der Waals surface area contributed by atoms with Crippen LogP contribution in [0.15, 0.2) is 30.7 Å². The summed E-state index contributed by atoms with van der Waals surface area (Å²) in [5, 5.41) is -0.165. The summed E-state index contributed by atoms with van der Waals surface area (Å²) < 4.78 is 2.09. The summed E-state index contributed by atoms with van der Waals surface area (Å²) in [6, 6.07) is 4.07. The van der Waals surface area contributed by atoms with Gasteiger partial charge >= 0.3 is 0 Å². The second-order valence-corrected chi connectivity index (χ2v) is 5.98. The SMILES string of the molecule is Cc1cnc2c(c1)nc(C(C)Cl)n2Cc1ccncc1C. The zero-order chi connectivity index (χ0) is 15.0. The molecule has 108 valence electrons. The maximum atomic E-state index is 6.30. The highest BCUT2D eigenvalue weighted by atomic mass is 35.5. The second-order valence-electron chi connectivity index (χ2n) is 5.33. The molecule has 3 heterocycles. The lowest BCUT2D eigenvalue weighted by atomic mass is 10.1. The minimum atomic E-state index is -0.165. The first-order valence-electron chi connectivity index (χ1n) is 6.92. The number of aromatic nitrogens is 4. The topological polar surface area (TPSA) is 43.6 Å². The Labute approximate surface area is 128 Å². The number of hydrogen-bond donors (Lipinski definition) is 0. The van der Waals surface area contributed by atoms with Gasteiger partial charge in [-0.2, -0.15) is 0 Å². The van der Waals surface area contributed by atoms with Crippen LogP contribution in [-0.4, -0.2) is 19.5 Å². The van der Waals surface area contributed by atoms with Gasteiger partial charge in [-0.3, -0.25) is 4.98 Å². The largest absolute Gasteiger partial charge is 0.307 e. The highest BCUT2D eigenvalue weighted by Crippen LogP contribution is 2.25. The highest BCUT2D eigenvalue weighted by Gasteiger charge is 2.16. The van der Waals surface area contributed by atoms with E-state index in [4.69, 9.17) is 11.6 Å². The lowest BCUT2D eigenvalue weighted by Crippen LogP contribution is -2.07. The maximum Gasteiger partial charge on any atom is 0.160 e. The molecular formula is C16H17ClN4. The molecule has 0 aliphatic carbocycles. The molecule has 1 unspecified atom stereocenters. The van der Waals surface area contributed by atoms with Crippen molar-refractivity contribution in [1.82, 2.24) is 19.5 Å². The van der Waals surface area contributed by atoms with Crippen LogP contribution >= 0.6 is 11.6 Å². The number of nitrogens with zero attached hydrogens (tertiary/aromatic N) is 4. The summed E-state index contributed by atoms with van der Waals surface area (Å²) in [5.41, 5.74) is 5.22. The van der Waals surface area contributed by atoms with Crippen molar-refractivity contribution in [1.29, 1.82) is 0 Å². The van der Waals surface area contributed by atoms with E-state index in [-0.39, 0.29) is 5.38 Å². The zero-order valence-corrected chi connectivity index (χ0v) is 13.1. The Bertz CT molecular complexity index is 792. The first-order chi connectivity index (χ1) is 10.1. The minimum Gasteiger partial charge on any atom is -0.307 e. The Morgan fingerprint density at radius 1 is 1.29 bits per heavy atom. The highest BCUT2D eigenvalue weighted by molar-refractivity contribution is 6.20. The Kier molecular flexibility index (Phi) is 3.64. The molecular weight excluding hydrogens is 284 g/mol. The number of alkyl halides is 1. The van der Waals surface area contributed by atoms with Gasteiger partial charge in [0.25, 0.3) is 0 Å². The van der Waals surface area contributed by atoms with Crippen LogP contribution in [0.1, 0.15) is 34.8 Å². The first kappa shape index (κ1) is 14.0. The summed E-state index contributed by atoms with van der Waals surface area (Å²) in [6.07, 6.45) is 5.54. The standard InChI is InChI=1S/C16H17ClN4/c1-10-6-14-16(19-7-10)21(15(20-14)12(3)17)9-13-4-5-18-8-11(13)2/h4-8,12H,9H2,1-3H3. The van der Waals surface area contributed by atoms with Gasteiger partial charge in [-0.15, -0.1) is 11.6 Å². The van der Waals surface area contributed by atoms with Crippen molar-refractivity contribution in [2.75, 3.05) is 0 Å². The van der Waals surface area contributed by atoms with Crippen LogP contribution in [0.4, 0.5) is 0 Å². The molecule has 4 nitrogen and oxygen atoms in total. The third-order valence-corrected chi connectivity index (χ3v) is 3.77. The van der Waals surface area contributed by atoms with Crippen molar-refractivity contribution < 1.29 is 0 Å².